The highest BCUT2D eigenvalue weighted by Gasteiger charge is 2.36. The number of rotatable bonds is 1. The molecule has 19 heavy (non-hydrogen) atoms. The minimum absolute atomic E-state index is 0.535. The number of fused-ring (bicyclic) bond motifs is 1. The number of benzene rings is 1. The van der Waals surface area contributed by atoms with Gasteiger partial charge >= 0.3 is 6.03 Å². The van der Waals surface area contributed by atoms with Crippen molar-refractivity contribution >= 4 is 28.7 Å². The number of barbiturate groups is 1. The molecule has 1 aliphatic heterocycles. The number of imide groups is 2. The molecule has 1 aromatic heterocycles. The average molecular weight is 255 g/mol. The largest absolute Gasteiger partial charge is 0.328 e. The Morgan fingerprint density at radius 1 is 0.947 bits per heavy atom. The zero-order valence-electron chi connectivity index (χ0n) is 9.71. The molecule has 94 valence electrons. The monoisotopic (exact) mass is 255 g/mol. The summed E-state index contributed by atoms with van der Waals surface area (Å²) in [7, 11) is 0. The zero-order valence-corrected chi connectivity index (χ0v) is 9.71. The van der Waals surface area contributed by atoms with E-state index in [4.69, 9.17) is 0 Å². The summed E-state index contributed by atoms with van der Waals surface area (Å²) >= 11 is 0. The molecule has 1 saturated heterocycles. The Morgan fingerprint density at radius 3 is 2.37 bits per heavy atom. The van der Waals surface area contributed by atoms with Gasteiger partial charge in [0.15, 0.2) is 0 Å². The third kappa shape index (κ3) is 1.83. The maximum Gasteiger partial charge on any atom is 0.328 e. The molecular formula is C13H9N3O3. The zero-order chi connectivity index (χ0) is 13.4. The van der Waals surface area contributed by atoms with Gasteiger partial charge in [-0.1, -0.05) is 18.2 Å². The van der Waals surface area contributed by atoms with E-state index in [0.29, 0.717) is 11.1 Å². The van der Waals surface area contributed by atoms with Crippen molar-refractivity contribution in [2.24, 2.45) is 0 Å². The van der Waals surface area contributed by atoms with E-state index in [9.17, 15) is 14.4 Å². The lowest BCUT2D eigenvalue weighted by atomic mass is 9.93. The van der Waals surface area contributed by atoms with Crippen molar-refractivity contribution in [3.8, 4) is 0 Å². The Morgan fingerprint density at radius 2 is 1.63 bits per heavy atom. The Labute approximate surface area is 107 Å². The van der Waals surface area contributed by atoms with E-state index < -0.39 is 23.8 Å². The standard InChI is InChI=1S/C13H9N3O3/c17-11-10(12(18)16-13(19)15-11)8-5-6-14-9-4-2-1-3-7(8)9/h1-6,10H,(H2,15,16,17,18,19). The van der Waals surface area contributed by atoms with Crippen molar-refractivity contribution in [1.82, 2.24) is 15.6 Å². The van der Waals surface area contributed by atoms with Gasteiger partial charge in [-0.3, -0.25) is 25.2 Å². The fourth-order valence-corrected chi connectivity index (χ4v) is 2.17. The maximum atomic E-state index is 11.8. The van der Waals surface area contributed by atoms with Gasteiger partial charge in [0.2, 0.25) is 11.8 Å². The summed E-state index contributed by atoms with van der Waals surface area (Å²) in [6.07, 6.45) is 1.54. The van der Waals surface area contributed by atoms with Crippen LogP contribution < -0.4 is 10.6 Å². The molecule has 0 unspecified atom stereocenters. The maximum absolute atomic E-state index is 11.8. The van der Waals surface area contributed by atoms with Crippen LogP contribution in [0.4, 0.5) is 4.79 Å². The number of nitrogens with one attached hydrogen (secondary N) is 2. The van der Waals surface area contributed by atoms with E-state index in [0.717, 1.165) is 5.39 Å². The Bertz CT molecular complexity index is 686. The van der Waals surface area contributed by atoms with E-state index in [1.165, 1.54) is 6.20 Å². The topological polar surface area (TPSA) is 88.2 Å². The summed E-state index contributed by atoms with van der Waals surface area (Å²) in [6, 6.07) is 8.03. The number of para-hydroxylation sites is 1. The van der Waals surface area contributed by atoms with Gasteiger partial charge in [-0.15, -0.1) is 0 Å². The number of urea groups is 1. The number of nitrogens with zero attached hydrogens (tertiary/aromatic N) is 1. The molecule has 2 N–H and O–H groups in total. The molecule has 2 heterocycles. The quantitative estimate of drug-likeness (QED) is 0.733. The minimum Gasteiger partial charge on any atom is -0.277 e. The normalized spacial score (nSPS) is 16.3. The molecule has 0 radical (unpaired) electrons. The smallest absolute Gasteiger partial charge is 0.277 e. The van der Waals surface area contributed by atoms with Gasteiger partial charge in [0, 0.05) is 11.6 Å². The van der Waals surface area contributed by atoms with E-state index in [1.54, 1.807) is 24.3 Å². The molecule has 0 saturated carbocycles. The van der Waals surface area contributed by atoms with Crippen LogP contribution in [0.25, 0.3) is 10.9 Å². The predicted octanol–water partition coefficient (Wildman–Crippen LogP) is 0.684. The summed E-state index contributed by atoms with van der Waals surface area (Å²) in [6.45, 7) is 0. The lowest BCUT2D eigenvalue weighted by molar-refractivity contribution is -0.132. The number of carbonyl (C=O) groups is 3. The van der Waals surface area contributed by atoms with Gasteiger partial charge in [-0.2, -0.15) is 0 Å². The van der Waals surface area contributed by atoms with Crippen LogP contribution in [-0.2, 0) is 9.59 Å². The highest BCUT2D eigenvalue weighted by molar-refractivity contribution is 6.20. The molecule has 6 heteroatoms. The van der Waals surface area contributed by atoms with Crippen molar-refractivity contribution < 1.29 is 14.4 Å². The van der Waals surface area contributed by atoms with Crippen LogP contribution in [0.3, 0.4) is 0 Å². The number of aromatic nitrogens is 1. The molecule has 1 aliphatic rings. The highest BCUT2D eigenvalue weighted by Crippen LogP contribution is 2.25. The third-order valence-corrected chi connectivity index (χ3v) is 2.99. The number of carbonyl (C=O) groups excluding carboxylic acids is 3. The lowest BCUT2D eigenvalue weighted by Crippen LogP contribution is -2.54. The molecule has 1 fully saturated rings. The van der Waals surface area contributed by atoms with Crippen LogP contribution in [0.15, 0.2) is 36.5 Å². The minimum atomic E-state index is -1.04. The summed E-state index contributed by atoms with van der Waals surface area (Å²) in [5.41, 5.74) is 1.23. The number of pyridine rings is 1. The SMILES string of the molecule is O=C1NC(=O)C(c2ccnc3ccccc23)C(=O)N1. The number of hydrogen-bond donors (Lipinski definition) is 2. The molecule has 0 bridgehead atoms. The second-order valence-corrected chi connectivity index (χ2v) is 4.16. The van der Waals surface area contributed by atoms with Crippen molar-refractivity contribution in [2.75, 3.05) is 0 Å². The van der Waals surface area contributed by atoms with E-state index in [-0.39, 0.29) is 0 Å². The number of amides is 4. The van der Waals surface area contributed by atoms with Gasteiger partial charge < -0.3 is 0 Å². The van der Waals surface area contributed by atoms with Crippen molar-refractivity contribution in [2.45, 2.75) is 5.92 Å². The van der Waals surface area contributed by atoms with Crippen molar-refractivity contribution in [3.05, 3.63) is 42.1 Å². The third-order valence-electron chi connectivity index (χ3n) is 2.99. The molecule has 0 atom stereocenters. The van der Waals surface area contributed by atoms with Crippen LogP contribution in [0.2, 0.25) is 0 Å². The van der Waals surface area contributed by atoms with E-state index >= 15 is 0 Å². The van der Waals surface area contributed by atoms with E-state index in [2.05, 4.69) is 15.6 Å². The predicted molar refractivity (Wildman–Crippen MR) is 66.2 cm³/mol. The van der Waals surface area contributed by atoms with Gasteiger partial charge in [0.1, 0.15) is 5.92 Å². The van der Waals surface area contributed by atoms with Gasteiger partial charge in [-0.25, -0.2) is 4.79 Å². The molecule has 2 aromatic rings. The highest BCUT2D eigenvalue weighted by atomic mass is 16.2. The molecule has 4 amide bonds. The van der Waals surface area contributed by atoms with Crippen LogP contribution in [0.5, 0.6) is 0 Å². The Kier molecular flexibility index (Phi) is 2.49. The summed E-state index contributed by atoms with van der Waals surface area (Å²) < 4.78 is 0. The first-order valence-electron chi connectivity index (χ1n) is 5.66. The van der Waals surface area contributed by atoms with Gasteiger partial charge in [0.25, 0.3) is 0 Å². The first-order valence-corrected chi connectivity index (χ1v) is 5.66. The fraction of sp³-hybridized carbons (Fsp3) is 0.0769. The van der Waals surface area contributed by atoms with Crippen LogP contribution in [-0.4, -0.2) is 22.8 Å². The van der Waals surface area contributed by atoms with Crippen molar-refractivity contribution in [3.63, 3.8) is 0 Å². The van der Waals surface area contributed by atoms with Gasteiger partial charge in [0.05, 0.1) is 5.52 Å². The summed E-state index contributed by atoms with van der Waals surface area (Å²) in [5.74, 6) is -2.28. The van der Waals surface area contributed by atoms with Crippen molar-refractivity contribution in [1.29, 1.82) is 0 Å². The summed E-state index contributed by atoms with van der Waals surface area (Å²) in [4.78, 5) is 38.9. The molecule has 3 rings (SSSR count). The molecular weight excluding hydrogens is 246 g/mol. The lowest BCUT2D eigenvalue weighted by Gasteiger charge is -2.21. The fourth-order valence-electron chi connectivity index (χ4n) is 2.17. The van der Waals surface area contributed by atoms with Crippen LogP contribution >= 0.6 is 0 Å². The van der Waals surface area contributed by atoms with Crippen LogP contribution in [0, 0.1) is 0 Å². The first kappa shape index (κ1) is 11.3. The van der Waals surface area contributed by atoms with E-state index in [1.807, 2.05) is 6.07 Å². The van der Waals surface area contributed by atoms with Gasteiger partial charge in [-0.05, 0) is 17.7 Å². The van der Waals surface area contributed by atoms with Crippen LogP contribution in [0.1, 0.15) is 11.5 Å². The number of hydrogen-bond acceptors (Lipinski definition) is 4. The second-order valence-electron chi connectivity index (χ2n) is 4.16. The average Bonchev–Trinajstić information content (AvgIpc) is 2.38. The Balaban J connectivity index is 2.16. The molecule has 1 aromatic carbocycles. The Hall–Kier alpha value is -2.76. The molecule has 6 nitrogen and oxygen atoms in total. The first-order chi connectivity index (χ1) is 9.16. The summed E-state index contributed by atoms with van der Waals surface area (Å²) in [5, 5.41) is 4.90. The second kappa shape index (κ2) is 4.16. The molecule has 0 spiro atoms. The molecule has 0 aliphatic carbocycles.